The first kappa shape index (κ1) is 19.4. The van der Waals surface area contributed by atoms with Gasteiger partial charge in [-0.2, -0.15) is 0 Å². The topological polar surface area (TPSA) is 101 Å². The Morgan fingerprint density at radius 3 is 2.26 bits per heavy atom. The largest absolute Gasteiger partial charge is 0.378 e. The summed E-state index contributed by atoms with van der Waals surface area (Å²) in [5.41, 5.74) is 1.08. The zero-order chi connectivity index (χ0) is 21.2. The van der Waals surface area contributed by atoms with Crippen molar-refractivity contribution >= 4 is 33.8 Å². The molecule has 5 rings (SSSR count). The third kappa shape index (κ3) is 3.81. The number of benzene rings is 1. The Labute approximate surface area is 179 Å². The van der Waals surface area contributed by atoms with Crippen molar-refractivity contribution in [1.29, 1.82) is 0 Å². The molecule has 1 aromatic carbocycles. The van der Waals surface area contributed by atoms with Gasteiger partial charge in [0.05, 0.1) is 23.5 Å². The predicted molar refractivity (Wildman–Crippen MR) is 118 cm³/mol. The number of aromatic nitrogens is 3. The van der Waals surface area contributed by atoms with Crippen LogP contribution >= 0.6 is 0 Å². The molecule has 0 spiro atoms. The summed E-state index contributed by atoms with van der Waals surface area (Å²) < 4.78 is 5.43. The number of ether oxygens (including phenoxy) is 1. The van der Waals surface area contributed by atoms with Gasteiger partial charge in [0, 0.05) is 74.9 Å². The number of nitrogens with zero attached hydrogens (tertiary/aromatic N) is 7. The van der Waals surface area contributed by atoms with E-state index in [9.17, 15) is 10.1 Å². The van der Waals surface area contributed by atoms with Crippen molar-refractivity contribution in [1.82, 2.24) is 15.0 Å². The fraction of sp³-hybridized carbons (Fsp3) is 0.381. The molecule has 2 aliphatic heterocycles. The van der Waals surface area contributed by atoms with E-state index in [-0.39, 0.29) is 10.6 Å². The second-order valence-electron chi connectivity index (χ2n) is 7.59. The molecule has 10 heteroatoms. The number of rotatable bonds is 4. The molecule has 0 bridgehead atoms. The van der Waals surface area contributed by atoms with E-state index in [1.807, 2.05) is 18.2 Å². The smallest absolute Gasteiger partial charge is 0.278 e. The minimum atomic E-state index is -0.354. The normalized spacial score (nSPS) is 17.2. The van der Waals surface area contributed by atoms with Crippen LogP contribution in [0.15, 0.2) is 43.0 Å². The summed E-state index contributed by atoms with van der Waals surface area (Å²) in [6.45, 7) is 6.33. The van der Waals surface area contributed by atoms with Gasteiger partial charge in [0.1, 0.15) is 18.0 Å². The lowest BCUT2D eigenvalue weighted by atomic mass is 10.1. The Balaban J connectivity index is 1.33. The maximum absolute atomic E-state index is 11.4. The second-order valence-corrected chi connectivity index (χ2v) is 7.59. The third-order valence-corrected chi connectivity index (χ3v) is 5.89. The maximum Gasteiger partial charge on any atom is 0.278 e. The molecule has 0 amide bonds. The minimum Gasteiger partial charge on any atom is -0.378 e. The Kier molecular flexibility index (Phi) is 5.21. The zero-order valence-corrected chi connectivity index (χ0v) is 17.1. The number of nitro benzene ring substituents is 1. The lowest BCUT2D eigenvalue weighted by Crippen LogP contribution is -2.47. The van der Waals surface area contributed by atoms with Gasteiger partial charge in [-0.05, 0) is 12.1 Å². The van der Waals surface area contributed by atoms with Crippen molar-refractivity contribution < 1.29 is 9.66 Å². The van der Waals surface area contributed by atoms with Crippen LogP contribution in [0.1, 0.15) is 0 Å². The van der Waals surface area contributed by atoms with Gasteiger partial charge in [-0.1, -0.05) is 0 Å². The molecule has 0 atom stereocenters. The maximum atomic E-state index is 11.4. The molecule has 10 nitrogen and oxygen atoms in total. The van der Waals surface area contributed by atoms with E-state index in [1.165, 1.54) is 0 Å². The van der Waals surface area contributed by atoms with Crippen LogP contribution in [0.3, 0.4) is 0 Å². The summed E-state index contributed by atoms with van der Waals surface area (Å²) in [6.07, 6.45) is 4.88. The van der Waals surface area contributed by atoms with Gasteiger partial charge in [0.25, 0.3) is 5.69 Å². The second kappa shape index (κ2) is 8.31. The average Bonchev–Trinajstić information content (AvgIpc) is 2.84. The van der Waals surface area contributed by atoms with Crippen molar-refractivity contribution in [2.24, 2.45) is 0 Å². The van der Waals surface area contributed by atoms with E-state index in [0.29, 0.717) is 5.39 Å². The minimum absolute atomic E-state index is 0.0853. The molecule has 0 saturated carbocycles. The van der Waals surface area contributed by atoms with Crippen molar-refractivity contribution in [3.63, 3.8) is 0 Å². The van der Waals surface area contributed by atoms with Crippen LogP contribution in [-0.2, 0) is 4.74 Å². The molecule has 2 fully saturated rings. The fourth-order valence-electron chi connectivity index (χ4n) is 4.25. The van der Waals surface area contributed by atoms with Crippen molar-refractivity contribution in [3.8, 4) is 0 Å². The molecule has 0 radical (unpaired) electrons. The van der Waals surface area contributed by atoms with E-state index < -0.39 is 0 Å². The number of fused-ring (bicyclic) bond motifs is 1. The Bertz CT molecular complexity index is 1100. The molecule has 31 heavy (non-hydrogen) atoms. The summed E-state index contributed by atoms with van der Waals surface area (Å²) in [6, 6.07) is 7.32. The van der Waals surface area contributed by atoms with E-state index in [4.69, 9.17) is 4.74 Å². The summed E-state index contributed by atoms with van der Waals surface area (Å²) in [7, 11) is 0. The SMILES string of the molecule is O=[N+]([O-])c1ccc(N2CCN(c3cc(N4CCOCC4)ncn3)CC2)c2ccncc12. The number of nitro groups is 1. The Morgan fingerprint density at radius 2 is 1.55 bits per heavy atom. The highest BCUT2D eigenvalue weighted by Crippen LogP contribution is 2.33. The number of hydrogen-bond donors (Lipinski definition) is 0. The Morgan fingerprint density at radius 1 is 0.871 bits per heavy atom. The zero-order valence-electron chi connectivity index (χ0n) is 17.1. The van der Waals surface area contributed by atoms with Crippen LogP contribution in [0.5, 0.6) is 0 Å². The number of non-ortho nitro benzene ring substituents is 1. The molecule has 160 valence electrons. The van der Waals surface area contributed by atoms with Crippen molar-refractivity contribution in [3.05, 3.63) is 53.1 Å². The summed E-state index contributed by atoms with van der Waals surface area (Å²) in [4.78, 5) is 30.8. The number of hydrogen-bond acceptors (Lipinski definition) is 9. The lowest BCUT2D eigenvalue weighted by molar-refractivity contribution is -0.383. The highest BCUT2D eigenvalue weighted by molar-refractivity contribution is 5.99. The van der Waals surface area contributed by atoms with Crippen LogP contribution in [0, 0.1) is 10.1 Å². The van der Waals surface area contributed by atoms with E-state index in [0.717, 1.165) is 75.2 Å². The van der Waals surface area contributed by atoms with Gasteiger partial charge in [0.15, 0.2) is 0 Å². The standard InChI is InChI=1S/C21H23N7O3/c29-28(30)19-2-1-18(16-3-4-22-14-17(16)19)25-5-7-26(8-6-25)20-13-21(24-15-23-20)27-9-11-31-12-10-27/h1-4,13-15H,5-12H2. The van der Waals surface area contributed by atoms with Crippen LogP contribution in [0.2, 0.25) is 0 Å². The summed E-state index contributed by atoms with van der Waals surface area (Å²) in [5.74, 6) is 1.86. The van der Waals surface area contributed by atoms with Crippen LogP contribution < -0.4 is 14.7 Å². The van der Waals surface area contributed by atoms with Crippen LogP contribution in [-0.4, -0.2) is 72.4 Å². The number of morpholine rings is 1. The van der Waals surface area contributed by atoms with Gasteiger partial charge < -0.3 is 19.4 Å². The van der Waals surface area contributed by atoms with Crippen molar-refractivity contribution in [2.75, 3.05) is 67.2 Å². The number of pyridine rings is 1. The average molecular weight is 421 g/mol. The first-order valence-corrected chi connectivity index (χ1v) is 10.4. The van der Waals surface area contributed by atoms with Crippen LogP contribution in [0.25, 0.3) is 10.8 Å². The van der Waals surface area contributed by atoms with Crippen LogP contribution in [0.4, 0.5) is 23.0 Å². The predicted octanol–water partition coefficient (Wildman–Crippen LogP) is 2.10. The molecule has 2 aliphatic rings. The molecule has 4 heterocycles. The van der Waals surface area contributed by atoms with Gasteiger partial charge in [0.2, 0.25) is 0 Å². The summed E-state index contributed by atoms with van der Waals surface area (Å²) in [5, 5.41) is 12.8. The number of anilines is 3. The quantitative estimate of drug-likeness (QED) is 0.463. The molecule has 0 N–H and O–H groups in total. The fourth-order valence-corrected chi connectivity index (χ4v) is 4.25. The molecule has 0 aliphatic carbocycles. The van der Waals surface area contributed by atoms with Gasteiger partial charge in [-0.15, -0.1) is 0 Å². The van der Waals surface area contributed by atoms with E-state index >= 15 is 0 Å². The van der Waals surface area contributed by atoms with E-state index in [2.05, 4.69) is 29.7 Å². The molecule has 0 unspecified atom stereocenters. The molecule has 3 aromatic rings. The highest BCUT2D eigenvalue weighted by atomic mass is 16.6. The Hall–Kier alpha value is -3.53. The first-order chi connectivity index (χ1) is 15.2. The monoisotopic (exact) mass is 421 g/mol. The molecule has 2 saturated heterocycles. The molecular formula is C21H23N7O3. The summed E-state index contributed by atoms with van der Waals surface area (Å²) >= 11 is 0. The third-order valence-electron chi connectivity index (χ3n) is 5.89. The molecular weight excluding hydrogens is 398 g/mol. The lowest BCUT2D eigenvalue weighted by Gasteiger charge is -2.37. The molecule has 2 aromatic heterocycles. The van der Waals surface area contributed by atoms with Crippen molar-refractivity contribution in [2.45, 2.75) is 0 Å². The first-order valence-electron chi connectivity index (χ1n) is 10.4. The highest BCUT2D eigenvalue weighted by Gasteiger charge is 2.23. The van der Waals surface area contributed by atoms with E-state index in [1.54, 1.807) is 24.8 Å². The van der Waals surface area contributed by atoms with Gasteiger partial charge in [-0.3, -0.25) is 15.1 Å². The van der Waals surface area contributed by atoms with Gasteiger partial charge in [-0.25, -0.2) is 9.97 Å². The van der Waals surface area contributed by atoms with Gasteiger partial charge >= 0.3 is 0 Å². The number of piperazine rings is 1.